The summed E-state index contributed by atoms with van der Waals surface area (Å²) in [5.41, 5.74) is 0.273. The molecule has 0 spiro atoms. The Labute approximate surface area is 111 Å². The molecule has 0 radical (unpaired) electrons. The SMILES string of the molecule is CS(=O)(=O)N(CC(=O)NC1CC1)c1ccc(F)cc1. The number of benzene rings is 1. The van der Waals surface area contributed by atoms with Gasteiger partial charge < -0.3 is 5.32 Å². The molecule has 0 aliphatic heterocycles. The Balaban J connectivity index is 2.15. The molecule has 1 fully saturated rings. The van der Waals surface area contributed by atoms with Gasteiger partial charge in [-0.3, -0.25) is 9.10 Å². The Morgan fingerprint density at radius 3 is 2.42 bits per heavy atom. The van der Waals surface area contributed by atoms with Crippen molar-refractivity contribution < 1.29 is 17.6 Å². The van der Waals surface area contributed by atoms with Crippen LogP contribution in [-0.2, 0) is 14.8 Å². The van der Waals surface area contributed by atoms with Crippen LogP contribution in [0.25, 0.3) is 0 Å². The zero-order chi connectivity index (χ0) is 14.0. The topological polar surface area (TPSA) is 66.5 Å². The van der Waals surface area contributed by atoms with E-state index in [1.54, 1.807) is 0 Å². The largest absolute Gasteiger partial charge is 0.352 e. The molecule has 1 saturated carbocycles. The number of amides is 1. The van der Waals surface area contributed by atoms with Crippen LogP contribution in [-0.4, -0.2) is 33.2 Å². The molecule has 0 aromatic heterocycles. The number of nitrogens with one attached hydrogen (secondary N) is 1. The molecule has 0 heterocycles. The van der Waals surface area contributed by atoms with Crippen molar-refractivity contribution in [2.24, 2.45) is 0 Å². The van der Waals surface area contributed by atoms with Gasteiger partial charge in [-0.1, -0.05) is 0 Å². The molecule has 0 unspecified atom stereocenters. The second kappa shape index (κ2) is 5.16. The van der Waals surface area contributed by atoms with Crippen LogP contribution in [0.2, 0.25) is 0 Å². The van der Waals surface area contributed by atoms with Gasteiger partial charge in [0, 0.05) is 6.04 Å². The number of hydrogen-bond donors (Lipinski definition) is 1. The number of hydrogen-bond acceptors (Lipinski definition) is 3. The predicted molar refractivity (Wildman–Crippen MR) is 69.8 cm³/mol. The molecule has 0 saturated heterocycles. The lowest BCUT2D eigenvalue weighted by Gasteiger charge is -2.21. The average Bonchev–Trinajstić information content (AvgIpc) is 3.10. The maximum Gasteiger partial charge on any atom is 0.240 e. The van der Waals surface area contributed by atoms with E-state index >= 15 is 0 Å². The Kier molecular flexibility index (Phi) is 3.75. The summed E-state index contributed by atoms with van der Waals surface area (Å²) >= 11 is 0. The molecule has 0 bridgehead atoms. The summed E-state index contributed by atoms with van der Waals surface area (Å²) < 4.78 is 37.2. The molecule has 19 heavy (non-hydrogen) atoms. The van der Waals surface area contributed by atoms with E-state index in [1.807, 2.05) is 0 Å². The van der Waals surface area contributed by atoms with Gasteiger partial charge in [0.25, 0.3) is 0 Å². The maximum absolute atomic E-state index is 12.8. The minimum Gasteiger partial charge on any atom is -0.352 e. The molecule has 1 aliphatic carbocycles. The second-order valence-electron chi connectivity index (χ2n) is 4.59. The van der Waals surface area contributed by atoms with Gasteiger partial charge in [-0.2, -0.15) is 0 Å². The third kappa shape index (κ3) is 3.92. The highest BCUT2D eigenvalue weighted by Crippen LogP contribution is 2.20. The summed E-state index contributed by atoms with van der Waals surface area (Å²) in [6, 6.07) is 5.15. The lowest BCUT2D eigenvalue weighted by molar-refractivity contribution is -0.119. The molecular weight excluding hydrogens is 271 g/mol. The molecule has 7 heteroatoms. The van der Waals surface area contributed by atoms with Crippen LogP contribution in [0.4, 0.5) is 10.1 Å². The molecule has 0 atom stereocenters. The first-order valence-corrected chi connectivity index (χ1v) is 7.74. The Morgan fingerprint density at radius 1 is 1.37 bits per heavy atom. The lowest BCUT2D eigenvalue weighted by Crippen LogP contribution is -2.41. The standard InChI is InChI=1S/C12H15FN2O3S/c1-19(17,18)15(8-12(16)14-10-4-5-10)11-6-2-9(13)3-7-11/h2-3,6-7,10H,4-5,8H2,1H3,(H,14,16). The van der Waals surface area contributed by atoms with Crippen LogP contribution in [0.5, 0.6) is 0 Å². The van der Waals surface area contributed by atoms with Crippen LogP contribution in [0.1, 0.15) is 12.8 Å². The molecule has 1 amide bonds. The van der Waals surface area contributed by atoms with Crippen molar-refractivity contribution in [3.63, 3.8) is 0 Å². The van der Waals surface area contributed by atoms with Gasteiger partial charge >= 0.3 is 0 Å². The van der Waals surface area contributed by atoms with E-state index in [-0.39, 0.29) is 24.2 Å². The molecular formula is C12H15FN2O3S. The summed E-state index contributed by atoms with van der Waals surface area (Å²) in [6.07, 6.45) is 2.88. The Bertz CT molecular complexity index is 567. The van der Waals surface area contributed by atoms with Crippen molar-refractivity contribution in [3.05, 3.63) is 30.1 Å². The molecule has 1 aromatic carbocycles. The fourth-order valence-corrected chi connectivity index (χ4v) is 2.50. The van der Waals surface area contributed by atoms with E-state index in [0.717, 1.165) is 35.5 Å². The Morgan fingerprint density at radius 2 is 1.95 bits per heavy atom. The van der Waals surface area contributed by atoms with Crippen molar-refractivity contribution in [2.45, 2.75) is 18.9 Å². The summed E-state index contributed by atoms with van der Waals surface area (Å²) in [5.74, 6) is -0.808. The summed E-state index contributed by atoms with van der Waals surface area (Å²) in [6.45, 7) is -0.291. The first-order valence-electron chi connectivity index (χ1n) is 5.89. The zero-order valence-electron chi connectivity index (χ0n) is 10.5. The van der Waals surface area contributed by atoms with Gasteiger partial charge in [-0.05, 0) is 37.1 Å². The monoisotopic (exact) mass is 286 g/mol. The Hall–Kier alpha value is -1.63. The van der Waals surface area contributed by atoms with Gasteiger partial charge in [-0.15, -0.1) is 0 Å². The number of carbonyl (C=O) groups is 1. The molecule has 1 N–H and O–H groups in total. The third-order valence-electron chi connectivity index (χ3n) is 2.74. The normalized spacial score (nSPS) is 15.1. The average molecular weight is 286 g/mol. The van der Waals surface area contributed by atoms with Gasteiger partial charge in [0.15, 0.2) is 0 Å². The van der Waals surface area contributed by atoms with Crippen LogP contribution >= 0.6 is 0 Å². The van der Waals surface area contributed by atoms with Crippen LogP contribution in [0, 0.1) is 5.82 Å². The van der Waals surface area contributed by atoms with Crippen molar-refractivity contribution in [2.75, 3.05) is 17.1 Å². The molecule has 1 aromatic rings. The van der Waals surface area contributed by atoms with Crippen LogP contribution < -0.4 is 9.62 Å². The third-order valence-corrected chi connectivity index (χ3v) is 3.89. The predicted octanol–water partition coefficient (Wildman–Crippen LogP) is 0.870. The first-order chi connectivity index (χ1) is 8.86. The van der Waals surface area contributed by atoms with Crippen molar-refractivity contribution >= 4 is 21.6 Å². The smallest absolute Gasteiger partial charge is 0.240 e. The quantitative estimate of drug-likeness (QED) is 0.873. The number of carbonyl (C=O) groups excluding carboxylic acids is 1. The van der Waals surface area contributed by atoms with E-state index < -0.39 is 15.8 Å². The number of sulfonamides is 1. The van der Waals surface area contributed by atoms with Gasteiger partial charge in [0.2, 0.25) is 15.9 Å². The number of anilines is 1. The van der Waals surface area contributed by atoms with Crippen LogP contribution in [0.15, 0.2) is 24.3 Å². The minimum atomic E-state index is -3.59. The van der Waals surface area contributed by atoms with Gasteiger partial charge in [0.1, 0.15) is 12.4 Å². The molecule has 2 rings (SSSR count). The van der Waals surface area contributed by atoms with Crippen molar-refractivity contribution in [1.29, 1.82) is 0 Å². The summed E-state index contributed by atoms with van der Waals surface area (Å²) in [4.78, 5) is 11.7. The lowest BCUT2D eigenvalue weighted by atomic mass is 10.3. The number of halogens is 1. The molecule has 1 aliphatic rings. The highest BCUT2D eigenvalue weighted by atomic mass is 32.2. The maximum atomic E-state index is 12.8. The van der Waals surface area contributed by atoms with E-state index in [2.05, 4.69) is 5.32 Å². The minimum absolute atomic E-state index is 0.169. The van der Waals surface area contributed by atoms with E-state index in [0.29, 0.717) is 0 Å². The highest BCUT2D eigenvalue weighted by Gasteiger charge is 2.26. The fourth-order valence-electron chi connectivity index (χ4n) is 1.64. The zero-order valence-corrected chi connectivity index (χ0v) is 11.3. The van der Waals surface area contributed by atoms with E-state index in [9.17, 15) is 17.6 Å². The van der Waals surface area contributed by atoms with Crippen molar-refractivity contribution in [1.82, 2.24) is 5.32 Å². The number of nitrogens with zero attached hydrogens (tertiary/aromatic N) is 1. The summed E-state index contributed by atoms with van der Waals surface area (Å²) in [5, 5.41) is 2.72. The second-order valence-corrected chi connectivity index (χ2v) is 6.49. The number of rotatable bonds is 5. The first kappa shape index (κ1) is 13.8. The fraction of sp³-hybridized carbons (Fsp3) is 0.417. The molecule has 104 valence electrons. The van der Waals surface area contributed by atoms with Gasteiger partial charge in [0.05, 0.1) is 11.9 Å². The van der Waals surface area contributed by atoms with Crippen molar-refractivity contribution in [3.8, 4) is 0 Å². The van der Waals surface area contributed by atoms with Crippen LogP contribution in [0.3, 0.4) is 0 Å². The summed E-state index contributed by atoms with van der Waals surface area (Å²) in [7, 11) is -3.59. The molecule has 5 nitrogen and oxygen atoms in total. The highest BCUT2D eigenvalue weighted by molar-refractivity contribution is 7.92. The van der Waals surface area contributed by atoms with E-state index in [1.165, 1.54) is 12.1 Å². The van der Waals surface area contributed by atoms with E-state index in [4.69, 9.17) is 0 Å². The van der Waals surface area contributed by atoms with Gasteiger partial charge in [-0.25, -0.2) is 12.8 Å².